The van der Waals surface area contributed by atoms with Crippen LogP contribution in [0.3, 0.4) is 0 Å². The summed E-state index contributed by atoms with van der Waals surface area (Å²) in [6.45, 7) is 5.15. The molecule has 0 aliphatic heterocycles. The van der Waals surface area contributed by atoms with Crippen LogP contribution >= 0.6 is 0 Å². The third-order valence-corrected chi connectivity index (χ3v) is 3.78. The average molecular weight is 332 g/mol. The van der Waals surface area contributed by atoms with Gasteiger partial charge in [0.15, 0.2) is 6.61 Å². The van der Waals surface area contributed by atoms with E-state index in [1.54, 1.807) is 6.07 Å². The van der Waals surface area contributed by atoms with Gasteiger partial charge in [-0.1, -0.05) is 0 Å². The molecule has 0 spiro atoms. The highest BCUT2D eigenvalue weighted by molar-refractivity contribution is 5.85. The monoisotopic (exact) mass is 332 g/mol. The van der Waals surface area contributed by atoms with Crippen LogP contribution in [0.25, 0.3) is 11.0 Å². The van der Waals surface area contributed by atoms with Crippen LogP contribution in [0.2, 0.25) is 0 Å². The summed E-state index contributed by atoms with van der Waals surface area (Å²) in [6, 6.07) is 5.10. The average Bonchev–Trinajstić information content (AvgIpc) is 2.51. The normalized spacial score (nSPS) is 11.0. The van der Waals surface area contributed by atoms with Gasteiger partial charge >= 0.3 is 5.63 Å². The van der Waals surface area contributed by atoms with Crippen LogP contribution in [-0.4, -0.2) is 44.6 Å². The number of fused-ring (bicyclic) bond motifs is 1. The lowest BCUT2D eigenvalue weighted by Crippen LogP contribution is -2.31. The van der Waals surface area contributed by atoms with E-state index in [0.29, 0.717) is 23.4 Å². The standard InChI is InChI=1S/C18H24N2O4/c1-12-10-17(22)24-18-13(2)15(7-6-14(12)18)23-11-16(21)19-8-5-9-20(3)4/h6-7,10H,5,8-9,11H2,1-4H3,(H,19,21). The number of carbonyl (C=O) groups is 1. The number of hydrogen-bond donors (Lipinski definition) is 1. The van der Waals surface area contributed by atoms with Crippen LogP contribution in [0, 0.1) is 13.8 Å². The number of aryl methyl sites for hydroxylation is 2. The molecule has 1 aromatic carbocycles. The SMILES string of the molecule is Cc1cc(=O)oc2c(C)c(OCC(=O)NCCCN(C)C)ccc12. The topological polar surface area (TPSA) is 71.8 Å². The van der Waals surface area contributed by atoms with E-state index in [1.807, 2.05) is 34.0 Å². The van der Waals surface area contributed by atoms with Gasteiger partial charge in [-0.15, -0.1) is 0 Å². The zero-order chi connectivity index (χ0) is 17.7. The highest BCUT2D eigenvalue weighted by Crippen LogP contribution is 2.27. The lowest BCUT2D eigenvalue weighted by atomic mass is 10.1. The molecule has 0 radical (unpaired) electrons. The Bertz CT molecular complexity index is 780. The second kappa shape index (κ2) is 7.97. The number of carbonyl (C=O) groups excluding carboxylic acids is 1. The molecule has 24 heavy (non-hydrogen) atoms. The third-order valence-electron chi connectivity index (χ3n) is 3.78. The quantitative estimate of drug-likeness (QED) is 0.619. The molecule has 1 heterocycles. The molecule has 0 saturated carbocycles. The van der Waals surface area contributed by atoms with Gasteiger partial charge in [-0.3, -0.25) is 4.79 Å². The summed E-state index contributed by atoms with van der Waals surface area (Å²) in [7, 11) is 3.99. The van der Waals surface area contributed by atoms with E-state index in [9.17, 15) is 9.59 Å². The van der Waals surface area contributed by atoms with E-state index in [1.165, 1.54) is 6.07 Å². The minimum absolute atomic E-state index is 0.0651. The van der Waals surface area contributed by atoms with Crippen molar-refractivity contribution in [2.24, 2.45) is 0 Å². The molecule has 0 bridgehead atoms. The lowest BCUT2D eigenvalue weighted by Gasteiger charge is -2.12. The predicted octanol–water partition coefficient (Wildman–Crippen LogP) is 1.86. The van der Waals surface area contributed by atoms with Gasteiger partial charge in [0.25, 0.3) is 5.91 Å². The molecular weight excluding hydrogens is 308 g/mol. The summed E-state index contributed by atoms with van der Waals surface area (Å²) < 4.78 is 10.9. The van der Waals surface area contributed by atoms with Crippen LogP contribution < -0.4 is 15.7 Å². The number of nitrogens with one attached hydrogen (secondary N) is 1. The van der Waals surface area contributed by atoms with Gasteiger partial charge in [0.1, 0.15) is 11.3 Å². The number of ether oxygens (including phenoxy) is 1. The summed E-state index contributed by atoms with van der Waals surface area (Å²) in [6.07, 6.45) is 0.887. The molecule has 6 heteroatoms. The molecule has 0 aliphatic carbocycles. The molecule has 0 unspecified atom stereocenters. The number of nitrogens with zero attached hydrogens (tertiary/aromatic N) is 1. The highest BCUT2D eigenvalue weighted by atomic mass is 16.5. The van der Waals surface area contributed by atoms with Gasteiger partial charge in [0, 0.05) is 23.6 Å². The van der Waals surface area contributed by atoms with E-state index in [2.05, 4.69) is 10.2 Å². The first-order valence-electron chi connectivity index (χ1n) is 7.97. The smallest absolute Gasteiger partial charge is 0.336 e. The first-order valence-corrected chi connectivity index (χ1v) is 7.97. The molecular formula is C18H24N2O4. The van der Waals surface area contributed by atoms with Crippen LogP contribution in [0.5, 0.6) is 5.75 Å². The summed E-state index contributed by atoms with van der Waals surface area (Å²) in [5.41, 5.74) is 1.69. The fraction of sp³-hybridized carbons (Fsp3) is 0.444. The lowest BCUT2D eigenvalue weighted by molar-refractivity contribution is -0.123. The van der Waals surface area contributed by atoms with Crippen LogP contribution in [-0.2, 0) is 4.79 Å². The Morgan fingerprint density at radius 2 is 2.04 bits per heavy atom. The van der Waals surface area contributed by atoms with Crippen molar-refractivity contribution in [1.82, 2.24) is 10.2 Å². The van der Waals surface area contributed by atoms with Crippen molar-refractivity contribution in [2.75, 3.05) is 33.8 Å². The number of rotatable bonds is 7. The largest absolute Gasteiger partial charge is 0.483 e. The third kappa shape index (κ3) is 4.58. The maximum Gasteiger partial charge on any atom is 0.336 e. The molecule has 1 aromatic heterocycles. The summed E-state index contributed by atoms with van der Waals surface area (Å²) >= 11 is 0. The van der Waals surface area contributed by atoms with Crippen molar-refractivity contribution in [3.63, 3.8) is 0 Å². The molecule has 1 N–H and O–H groups in total. The molecule has 0 atom stereocenters. The Balaban J connectivity index is 1.99. The summed E-state index contributed by atoms with van der Waals surface area (Å²) in [5.74, 6) is 0.374. The molecule has 0 fully saturated rings. The molecule has 1 amide bonds. The molecule has 2 rings (SSSR count). The zero-order valence-corrected chi connectivity index (χ0v) is 14.6. The van der Waals surface area contributed by atoms with Crippen molar-refractivity contribution in [1.29, 1.82) is 0 Å². The maximum absolute atomic E-state index is 11.8. The molecule has 0 aliphatic rings. The number of hydrogen-bond acceptors (Lipinski definition) is 5. The second-order valence-corrected chi connectivity index (χ2v) is 6.11. The number of benzene rings is 1. The van der Waals surface area contributed by atoms with Gasteiger partial charge in [-0.2, -0.15) is 0 Å². The van der Waals surface area contributed by atoms with Crippen LogP contribution in [0.15, 0.2) is 27.4 Å². The Labute approximate surface area is 141 Å². The zero-order valence-electron chi connectivity index (χ0n) is 14.6. The minimum atomic E-state index is -0.390. The predicted molar refractivity (Wildman–Crippen MR) is 93.6 cm³/mol. The fourth-order valence-corrected chi connectivity index (χ4v) is 2.47. The van der Waals surface area contributed by atoms with Crippen LogP contribution in [0.4, 0.5) is 0 Å². The molecule has 130 valence electrons. The van der Waals surface area contributed by atoms with E-state index in [0.717, 1.165) is 23.9 Å². The van der Waals surface area contributed by atoms with E-state index >= 15 is 0 Å². The van der Waals surface area contributed by atoms with Gasteiger partial charge in [0.2, 0.25) is 0 Å². The van der Waals surface area contributed by atoms with Crippen molar-refractivity contribution in [3.8, 4) is 5.75 Å². The Kier molecular flexibility index (Phi) is 5.98. The first-order chi connectivity index (χ1) is 11.4. The van der Waals surface area contributed by atoms with Crippen molar-refractivity contribution >= 4 is 16.9 Å². The summed E-state index contributed by atoms with van der Waals surface area (Å²) in [4.78, 5) is 25.4. The maximum atomic E-state index is 11.8. The molecule has 6 nitrogen and oxygen atoms in total. The molecule has 2 aromatic rings. The van der Waals surface area contributed by atoms with E-state index in [-0.39, 0.29) is 18.1 Å². The van der Waals surface area contributed by atoms with Gasteiger partial charge in [0.05, 0.1) is 0 Å². The van der Waals surface area contributed by atoms with Gasteiger partial charge in [-0.05, 0) is 58.6 Å². The van der Waals surface area contributed by atoms with Gasteiger partial charge < -0.3 is 19.4 Å². The Hall–Kier alpha value is -2.34. The van der Waals surface area contributed by atoms with E-state index in [4.69, 9.17) is 9.15 Å². The second-order valence-electron chi connectivity index (χ2n) is 6.11. The minimum Gasteiger partial charge on any atom is -0.483 e. The Morgan fingerprint density at radius 1 is 1.29 bits per heavy atom. The highest BCUT2D eigenvalue weighted by Gasteiger charge is 2.11. The van der Waals surface area contributed by atoms with Crippen molar-refractivity contribution in [2.45, 2.75) is 20.3 Å². The van der Waals surface area contributed by atoms with Crippen LogP contribution in [0.1, 0.15) is 17.5 Å². The fourth-order valence-electron chi connectivity index (χ4n) is 2.47. The van der Waals surface area contributed by atoms with Crippen molar-refractivity contribution in [3.05, 3.63) is 39.7 Å². The van der Waals surface area contributed by atoms with E-state index < -0.39 is 0 Å². The van der Waals surface area contributed by atoms with Gasteiger partial charge in [-0.25, -0.2) is 4.79 Å². The Morgan fingerprint density at radius 3 is 2.75 bits per heavy atom. The van der Waals surface area contributed by atoms with Crippen molar-refractivity contribution < 1.29 is 13.9 Å². The molecule has 0 saturated heterocycles. The summed E-state index contributed by atoms with van der Waals surface area (Å²) in [5, 5.41) is 3.69. The number of amides is 1. The first kappa shape index (κ1) is 18.0.